The molecule has 0 radical (unpaired) electrons. The molecule has 2 unspecified atom stereocenters. The predicted molar refractivity (Wildman–Crippen MR) is 120 cm³/mol. The number of aryl methyl sites for hydroxylation is 2. The van der Waals surface area contributed by atoms with Crippen molar-refractivity contribution in [2.24, 2.45) is 5.92 Å². The summed E-state index contributed by atoms with van der Waals surface area (Å²) in [6, 6.07) is 2.36. The van der Waals surface area contributed by atoms with Gasteiger partial charge in [-0.2, -0.15) is 4.58 Å². The summed E-state index contributed by atoms with van der Waals surface area (Å²) in [5.41, 5.74) is 10.3. The number of rotatable bonds is 0. The zero-order chi connectivity index (χ0) is 22.4. The van der Waals surface area contributed by atoms with Crippen molar-refractivity contribution in [3.8, 4) is 0 Å². The number of amides is 1. The molecule has 2 atom stereocenters. The normalized spacial score (nSPS) is 32.6. The second-order valence-electron chi connectivity index (χ2n) is 9.93. The van der Waals surface area contributed by atoms with Crippen LogP contribution in [0.25, 0.3) is 5.57 Å². The van der Waals surface area contributed by atoms with Gasteiger partial charge in [-0.15, -0.1) is 0 Å². The Kier molecular flexibility index (Phi) is 4.10. The fourth-order valence-electron chi connectivity index (χ4n) is 6.28. The Morgan fingerprint density at radius 1 is 1.16 bits per heavy atom. The van der Waals surface area contributed by atoms with Crippen LogP contribution in [0.2, 0.25) is 0 Å². The zero-order valence-corrected chi connectivity index (χ0v) is 18.9. The van der Waals surface area contributed by atoms with Crippen molar-refractivity contribution >= 4 is 23.2 Å². The lowest BCUT2D eigenvalue weighted by Gasteiger charge is -2.34. The SMILES string of the molecule is Cc1cc2c3c(c1C)CCC/C3=C1\C[N+]3=C(C=C4C(COC(=O)C4(C)O)C3=O)\C1=C\CC2. The van der Waals surface area contributed by atoms with Gasteiger partial charge in [0.2, 0.25) is 5.71 Å². The topological polar surface area (TPSA) is 66.6 Å². The largest absolute Gasteiger partial charge is 0.462 e. The lowest BCUT2D eigenvalue weighted by Crippen LogP contribution is -2.53. The van der Waals surface area contributed by atoms with Gasteiger partial charge in [0.1, 0.15) is 12.5 Å². The monoisotopic (exact) mass is 430 g/mol. The molecule has 0 aromatic heterocycles. The van der Waals surface area contributed by atoms with E-state index in [1.165, 1.54) is 45.9 Å². The molecule has 6 rings (SSSR count). The number of cyclic esters (lactones) is 1. The molecule has 1 fully saturated rings. The third kappa shape index (κ3) is 2.52. The Morgan fingerprint density at radius 3 is 2.78 bits per heavy atom. The van der Waals surface area contributed by atoms with Gasteiger partial charge in [0.05, 0.1) is 5.57 Å². The van der Waals surface area contributed by atoms with Crippen LogP contribution < -0.4 is 0 Å². The average Bonchev–Trinajstić information content (AvgIpc) is 3.11. The third-order valence-electron chi connectivity index (χ3n) is 8.12. The number of nitrogens with zero attached hydrogens (tertiary/aromatic N) is 1. The smallest absolute Gasteiger partial charge is 0.398 e. The number of ether oxygens (including phenoxy) is 1. The molecule has 3 heterocycles. The fourth-order valence-corrected chi connectivity index (χ4v) is 6.28. The first-order valence-electron chi connectivity index (χ1n) is 11.6. The van der Waals surface area contributed by atoms with Crippen molar-refractivity contribution in [2.75, 3.05) is 13.2 Å². The van der Waals surface area contributed by atoms with Gasteiger partial charge < -0.3 is 9.84 Å². The summed E-state index contributed by atoms with van der Waals surface area (Å²) in [4.78, 5) is 25.7. The van der Waals surface area contributed by atoms with Crippen LogP contribution in [0.15, 0.2) is 34.9 Å². The Balaban J connectivity index is 1.56. The van der Waals surface area contributed by atoms with Crippen LogP contribution in [0.1, 0.15) is 54.0 Å². The molecule has 2 aliphatic carbocycles. The van der Waals surface area contributed by atoms with E-state index < -0.39 is 17.5 Å². The van der Waals surface area contributed by atoms with Crippen LogP contribution >= 0.6 is 0 Å². The Bertz CT molecular complexity index is 1250. The molecule has 3 aliphatic heterocycles. The van der Waals surface area contributed by atoms with Crippen molar-refractivity contribution in [1.29, 1.82) is 0 Å². The van der Waals surface area contributed by atoms with Gasteiger partial charge >= 0.3 is 11.9 Å². The fraction of sp³-hybridized carbons (Fsp3) is 0.444. The summed E-state index contributed by atoms with van der Waals surface area (Å²) >= 11 is 0. The van der Waals surface area contributed by atoms with Crippen LogP contribution in [-0.2, 0) is 27.2 Å². The maximum atomic E-state index is 13.5. The Labute approximate surface area is 187 Å². The number of allylic oxidation sites excluding steroid dienone is 3. The highest BCUT2D eigenvalue weighted by molar-refractivity contribution is 6.16. The van der Waals surface area contributed by atoms with E-state index in [1.54, 1.807) is 0 Å². The summed E-state index contributed by atoms with van der Waals surface area (Å²) < 4.78 is 7.01. The summed E-state index contributed by atoms with van der Waals surface area (Å²) in [7, 11) is 0. The minimum atomic E-state index is -1.77. The minimum Gasteiger partial charge on any atom is -0.462 e. The summed E-state index contributed by atoms with van der Waals surface area (Å²) in [6.07, 6.45) is 9.27. The van der Waals surface area contributed by atoms with Gasteiger partial charge in [-0.1, -0.05) is 12.1 Å². The molecular weight excluding hydrogens is 402 g/mol. The quantitative estimate of drug-likeness (QED) is 0.507. The molecule has 5 heteroatoms. The number of esters is 1. The van der Waals surface area contributed by atoms with E-state index in [4.69, 9.17) is 4.74 Å². The molecule has 1 saturated heterocycles. The first-order chi connectivity index (χ1) is 15.3. The van der Waals surface area contributed by atoms with E-state index in [9.17, 15) is 14.7 Å². The average molecular weight is 431 g/mol. The van der Waals surface area contributed by atoms with Crippen LogP contribution in [-0.4, -0.2) is 46.0 Å². The first-order valence-corrected chi connectivity index (χ1v) is 11.6. The minimum absolute atomic E-state index is 0.000163. The Morgan fingerprint density at radius 2 is 1.97 bits per heavy atom. The van der Waals surface area contributed by atoms with Gasteiger partial charge in [-0.3, -0.25) is 0 Å². The number of carbonyl (C=O) groups excluding carboxylic acids is 2. The summed E-state index contributed by atoms with van der Waals surface area (Å²) in [6.45, 7) is 6.43. The van der Waals surface area contributed by atoms with Crippen LogP contribution in [0.5, 0.6) is 0 Å². The van der Waals surface area contributed by atoms with Crippen LogP contribution in [0.3, 0.4) is 0 Å². The van der Waals surface area contributed by atoms with Crippen LogP contribution in [0, 0.1) is 19.8 Å². The van der Waals surface area contributed by atoms with E-state index in [0.29, 0.717) is 12.1 Å². The van der Waals surface area contributed by atoms with E-state index in [0.717, 1.165) is 43.4 Å². The number of hydrogen-bond donors (Lipinski definition) is 1. The Hall–Kier alpha value is -2.79. The van der Waals surface area contributed by atoms with Gasteiger partial charge in [-0.25, -0.2) is 9.59 Å². The van der Waals surface area contributed by atoms with E-state index in [-0.39, 0.29) is 12.5 Å². The molecule has 5 aliphatic rings. The third-order valence-corrected chi connectivity index (χ3v) is 8.12. The lowest BCUT2D eigenvalue weighted by molar-refractivity contribution is -0.439. The zero-order valence-electron chi connectivity index (χ0n) is 18.9. The molecule has 1 amide bonds. The molecule has 0 spiro atoms. The van der Waals surface area contributed by atoms with Crippen LogP contribution in [0.4, 0.5) is 0 Å². The highest BCUT2D eigenvalue weighted by Crippen LogP contribution is 2.45. The standard InChI is InChI=1S/C27H28NO4/c1-14-10-16-6-4-8-18-20(19-9-5-7-17(15(14)2)24(16)19)12-28-23(18)11-22-21(25(28)29)13-32-26(30)27(22,3)31/h8,10-11,21,31H,4-7,9,12-13H2,1-3H3/q+1/b18-8+,20-19-. The van der Waals surface area contributed by atoms with E-state index >= 15 is 0 Å². The van der Waals surface area contributed by atoms with Crippen molar-refractivity contribution in [3.63, 3.8) is 0 Å². The molecular formula is C27H28NO4+. The first kappa shape index (κ1) is 19.9. The molecule has 0 saturated carbocycles. The van der Waals surface area contributed by atoms with Gasteiger partial charge in [0, 0.05) is 11.6 Å². The number of carbonyl (C=O) groups is 2. The predicted octanol–water partition coefficient (Wildman–Crippen LogP) is 3.12. The van der Waals surface area contributed by atoms with Gasteiger partial charge in [0.25, 0.3) is 0 Å². The van der Waals surface area contributed by atoms with Crippen molar-refractivity contribution in [2.45, 2.75) is 58.5 Å². The lowest BCUT2D eigenvalue weighted by atomic mass is 9.75. The molecule has 32 heavy (non-hydrogen) atoms. The maximum absolute atomic E-state index is 13.5. The highest BCUT2D eigenvalue weighted by Gasteiger charge is 2.55. The summed E-state index contributed by atoms with van der Waals surface area (Å²) in [5, 5.41) is 10.8. The number of fused-ring (bicyclic) bond motifs is 3. The molecule has 1 N–H and O–H groups in total. The molecule has 1 aromatic carbocycles. The molecule has 5 nitrogen and oxygen atoms in total. The van der Waals surface area contributed by atoms with Crippen molar-refractivity contribution in [3.05, 3.63) is 62.8 Å². The molecule has 1 aromatic rings. The van der Waals surface area contributed by atoms with Crippen molar-refractivity contribution in [1.82, 2.24) is 0 Å². The molecule has 164 valence electrons. The number of benzene rings is 1. The van der Waals surface area contributed by atoms with E-state index in [1.807, 2.05) is 10.7 Å². The molecule has 0 bridgehead atoms. The number of aliphatic hydroxyl groups is 1. The highest BCUT2D eigenvalue weighted by atomic mass is 16.6. The van der Waals surface area contributed by atoms with Gasteiger partial charge in [-0.05, 0) is 91.8 Å². The second-order valence-corrected chi connectivity index (χ2v) is 9.93. The number of hydrogen-bond acceptors (Lipinski definition) is 4. The maximum Gasteiger partial charge on any atom is 0.398 e. The summed E-state index contributed by atoms with van der Waals surface area (Å²) in [5.74, 6) is -1.37. The van der Waals surface area contributed by atoms with E-state index in [2.05, 4.69) is 26.0 Å². The second kappa shape index (κ2) is 6.61. The van der Waals surface area contributed by atoms with Crippen molar-refractivity contribution < 1.29 is 24.0 Å². The van der Waals surface area contributed by atoms with Gasteiger partial charge in [0.15, 0.2) is 12.1 Å².